The van der Waals surface area contributed by atoms with Crippen LogP contribution >= 0.6 is 11.3 Å². The maximum Gasteiger partial charge on any atom is 0.260 e. The van der Waals surface area contributed by atoms with Crippen molar-refractivity contribution >= 4 is 42.4 Å². The van der Waals surface area contributed by atoms with Crippen molar-refractivity contribution in [2.75, 3.05) is 18.1 Å². The third kappa shape index (κ3) is 4.83. The zero-order chi connectivity index (χ0) is 23.8. The summed E-state index contributed by atoms with van der Waals surface area (Å²) < 4.78 is 32.2. The molecule has 0 spiro atoms. The van der Waals surface area contributed by atoms with Gasteiger partial charge in [0.1, 0.15) is 0 Å². The Morgan fingerprint density at radius 3 is 2.61 bits per heavy atom. The minimum Gasteiger partial charge on any atom is -0.376 e. The monoisotopic (exact) mass is 486 g/mol. The molecular formula is C25H30N2O4S2. The molecule has 2 aromatic carbocycles. The van der Waals surface area contributed by atoms with Crippen LogP contribution in [-0.4, -0.2) is 43.8 Å². The molecule has 0 saturated carbocycles. The van der Waals surface area contributed by atoms with Gasteiger partial charge < -0.3 is 4.74 Å². The lowest BCUT2D eigenvalue weighted by molar-refractivity contribution is 0.0917. The SMILES string of the molecule is CC(C)c1cccc2sc(N(CC3CCCO3)C(=O)c3cccc(S(=O)(=O)C(C)C)c3)nc12. The van der Waals surface area contributed by atoms with Crippen LogP contribution in [0.2, 0.25) is 0 Å². The molecule has 8 heteroatoms. The highest BCUT2D eigenvalue weighted by molar-refractivity contribution is 7.92. The molecule has 0 aliphatic carbocycles. The van der Waals surface area contributed by atoms with Crippen molar-refractivity contribution in [2.45, 2.75) is 62.7 Å². The Morgan fingerprint density at radius 2 is 1.94 bits per heavy atom. The molecule has 1 atom stereocenters. The van der Waals surface area contributed by atoms with E-state index in [0.29, 0.717) is 29.8 Å². The largest absolute Gasteiger partial charge is 0.376 e. The molecule has 1 amide bonds. The molecule has 33 heavy (non-hydrogen) atoms. The van der Waals surface area contributed by atoms with Crippen molar-refractivity contribution in [3.05, 3.63) is 53.6 Å². The van der Waals surface area contributed by atoms with Gasteiger partial charge >= 0.3 is 0 Å². The number of sulfone groups is 1. The van der Waals surface area contributed by atoms with E-state index in [4.69, 9.17) is 9.72 Å². The molecule has 0 bridgehead atoms. The highest BCUT2D eigenvalue weighted by Gasteiger charge is 2.29. The molecule has 6 nitrogen and oxygen atoms in total. The predicted molar refractivity (Wildman–Crippen MR) is 133 cm³/mol. The molecule has 1 fully saturated rings. The third-order valence-electron chi connectivity index (χ3n) is 5.98. The van der Waals surface area contributed by atoms with E-state index in [9.17, 15) is 13.2 Å². The van der Waals surface area contributed by atoms with E-state index in [2.05, 4.69) is 19.9 Å². The fourth-order valence-corrected chi connectivity index (χ4v) is 6.13. The number of hydrogen-bond donors (Lipinski definition) is 0. The van der Waals surface area contributed by atoms with Crippen molar-refractivity contribution in [2.24, 2.45) is 0 Å². The van der Waals surface area contributed by atoms with E-state index in [1.165, 1.54) is 17.4 Å². The summed E-state index contributed by atoms with van der Waals surface area (Å²) in [5, 5.41) is 0.0419. The molecule has 4 rings (SSSR count). The summed E-state index contributed by atoms with van der Waals surface area (Å²) in [6.07, 6.45) is 1.79. The zero-order valence-corrected chi connectivity index (χ0v) is 21.1. The Hall–Kier alpha value is -2.29. The fourth-order valence-electron chi connectivity index (χ4n) is 4.01. The molecule has 2 heterocycles. The van der Waals surface area contributed by atoms with Crippen molar-refractivity contribution in [1.29, 1.82) is 0 Å². The minimum atomic E-state index is -3.49. The number of nitrogens with zero attached hydrogens (tertiary/aromatic N) is 2. The van der Waals surface area contributed by atoms with E-state index in [1.54, 1.807) is 36.9 Å². The fraction of sp³-hybridized carbons (Fsp3) is 0.440. The first kappa shape index (κ1) is 23.9. The van der Waals surface area contributed by atoms with Gasteiger partial charge in [-0.15, -0.1) is 0 Å². The van der Waals surface area contributed by atoms with E-state index >= 15 is 0 Å². The Kier molecular flexibility index (Phi) is 6.88. The van der Waals surface area contributed by atoms with Gasteiger partial charge in [0.15, 0.2) is 15.0 Å². The number of carbonyl (C=O) groups is 1. The van der Waals surface area contributed by atoms with Crippen molar-refractivity contribution in [3.63, 3.8) is 0 Å². The van der Waals surface area contributed by atoms with Gasteiger partial charge in [0.05, 0.1) is 33.0 Å². The summed E-state index contributed by atoms with van der Waals surface area (Å²) >= 11 is 1.48. The molecule has 3 aromatic rings. The van der Waals surface area contributed by atoms with E-state index in [1.807, 2.05) is 12.1 Å². The second kappa shape index (κ2) is 9.52. The normalized spacial score (nSPS) is 16.7. The summed E-state index contributed by atoms with van der Waals surface area (Å²) in [6.45, 7) is 8.61. The summed E-state index contributed by atoms with van der Waals surface area (Å²) in [7, 11) is -3.49. The van der Waals surface area contributed by atoms with Crippen LogP contribution in [-0.2, 0) is 14.6 Å². The lowest BCUT2D eigenvalue weighted by Gasteiger charge is -2.23. The number of aromatic nitrogens is 1. The topological polar surface area (TPSA) is 76.6 Å². The summed E-state index contributed by atoms with van der Waals surface area (Å²) in [6, 6.07) is 12.4. The number of carbonyl (C=O) groups excluding carboxylic acids is 1. The number of ether oxygens (including phenoxy) is 1. The summed E-state index contributed by atoms with van der Waals surface area (Å²) in [4.78, 5) is 20.4. The highest BCUT2D eigenvalue weighted by atomic mass is 32.2. The number of fused-ring (bicyclic) bond motifs is 1. The molecule has 1 aliphatic rings. The molecule has 1 aliphatic heterocycles. The number of benzene rings is 2. The first-order valence-electron chi connectivity index (χ1n) is 11.4. The van der Waals surface area contributed by atoms with Crippen LogP contribution in [0.25, 0.3) is 10.2 Å². The van der Waals surface area contributed by atoms with Gasteiger partial charge in [0.25, 0.3) is 5.91 Å². The van der Waals surface area contributed by atoms with Crippen molar-refractivity contribution in [3.8, 4) is 0 Å². The van der Waals surface area contributed by atoms with E-state index in [0.717, 1.165) is 28.6 Å². The maximum absolute atomic E-state index is 13.7. The van der Waals surface area contributed by atoms with Gasteiger partial charge in [-0.25, -0.2) is 13.4 Å². The van der Waals surface area contributed by atoms with Crippen LogP contribution in [0.3, 0.4) is 0 Å². The molecule has 1 aromatic heterocycles. The van der Waals surface area contributed by atoms with Gasteiger partial charge in [-0.05, 0) is 62.4 Å². The first-order valence-corrected chi connectivity index (χ1v) is 13.7. The second-order valence-electron chi connectivity index (χ2n) is 9.02. The molecule has 1 unspecified atom stereocenters. The number of anilines is 1. The molecule has 0 N–H and O–H groups in total. The van der Waals surface area contributed by atoms with E-state index < -0.39 is 15.1 Å². The molecular weight excluding hydrogens is 456 g/mol. The van der Waals surface area contributed by atoms with Crippen LogP contribution in [0.15, 0.2) is 47.4 Å². The Morgan fingerprint density at radius 1 is 1.18 bits per heavy atom. The van der Waals surface area contributed by atoms with Crippen LogP contribution in [0, 0.1) is 0 Å². The van der Waals surface area contributed by atoms with Gasteiger partial charge in [-0.3, -0.25) is 9.69 Å². The van der Waals surface area contributed by atoms with Gasteiger partial charge in [0.2, 0.25) is 0 Å². The Labute approximate surface area is 199 Å². The number of hydrogen-bond acceptors (Lipinski definition) is 6. The molecule has 176 valence electrons. The quantitative estimate of drug-likeness (QED) is 0.445. The maximum atomic E-state index is 13.7. The molecule has 1 saturated heterocycles. The number of amides is 1. The number of thiazole rings is 1. The van der Waals surface area contributed by atoms with Crippen molar-refractivity contribution < 1.29 is 17.9 Å². The number of rotatable bonds is 7. The second-order valence-corrected chi connectivity index (χ2v) is 12.5. The average molecular weight is 487 g/mol. The minimum absolute atomic E-state index is 0.0619. The van der Waals surface area contributed by atoms with Crippen molar-refractivity contribution in [1.82, 2.24) is 4.98 Å². The molecule has 0 radical (unpaired) electrons. The summed E-state index contributed by atoms with van der Waals surface area (Å²) in [5.41, 5.74) is 2.39. The lowest BCUT2D eigenvalue weighted by atomic mass is 10.0. The highest BCUT2D eigenvalue weighted by Crippen LogP contribution is 2.35. The van der Waals surface area contributed by atoms with Crippen LogP contribution < -0.4 is 4.90 Å². The van der Waals surface area contributed by atoms with Gasteiger partial charge in [-0.2, -0.15) is 0 Å². The van der Waals surface area contributed by atoms with Crippen LogP contribution in [0.4, 0.5) is 5.13 Å². The standard InChI is InChI=1S/C25H30N2O4S2/c1-16(2)21-11-6-12-22-23(21)26-25(32-22)27(15-19-9-7-13-31-19)24(28)18-8-5-10-20(14-18)33(29,30)17(3)4/h5-6,8,10-12,14,16-17,19H,7,9,13,15H2,1-4H3. The van der Waals surface area contributed by atoms with Crippen LogP contribution in [0.1, 0.15) is 62.4 Å². The van der Waals surface area contributed by atoms with Gasteiger partial charge in [0, 0.05) is 12.2 Å². The average Bonchev–Trinajstić information content (AvgIpc) is 3.46. The third-order valence-corrected chi connectivity index (χ3v) is 9.17. The predicted octanol–water partition coefficient (Wildman–Crippen LogP) is 5.43. The summed E-state index contributed by atoms with van der Waals surface area (Å²) in [5.74, 6) is 0.0420. The zero-order valence-electron chi connectivity index (χ0n) is 19.4. The van der Waals surface area contributed by atoms with Gasteiger partial charge in [-0.1, -0.05) is 43.4 Å². The Bertz CT molecular complexity index is 1260. The first-order chi connectivity index (χ1) is 15.7. The lowest BCUT2D eigenvalue weighted by Crippen LogP contribution is -2.37. The van der Waals surface area contributed by atoms with E-state index in [-0.39, 0.29) is 16.9 Å². The smallest absolute Gasteiger partial charge is 0.260 e. The Balaban J connectivity index is 1.76. The number of para-hydroxylation sites is 1. The van der Waals surface area contributed by atoms with Crippen LogP contribution in [0.5, 0.6) is 0 Å².